The summed E-state index contributed by atoms with van der Waals surface area (Å²) in [5, 5.41) is 11.4. The zero-order valence-electron chi connectivity index (χ0n) is 9.31. The largest absolute Gasteiger partial charge is 0.497 e. The minimum absolute atomic E-state index is 0.0331. The molecule has 0 saturated heterocycles. The Bertz CT molecular complexity index is 388. The average molecular weight is 221 g/mol. The molecular weight excluding hydrogens is 206 g/mol. The van der Waals surface area contributed by atoms with Crippen LogP contribution in [0, 0.1) is 0 Å². The molecular formula is C12H15NO3. The number of rotatable bonds is 5. The highest BCUT2D eigenvalue weighted by atomic mass is 16.5. The minimum atomic E-state index is -0.967. The second kappa shape index (κ2) is 5.80. The number of carbonyl (C=O) groups is 1. The lowest BCUT2D eigenvalue weighted by atomic mass is 10.1. The summed E-state index contributed by atoms with van der Waals surface area (Å²) in [6, 6.07) is 7.66. The van der Waals surface area contributed by atoms with Crippen molar-refractivity contribution in [3.05, 3.63) is 42.1 Å². The number of hydrogen-bond donors (Lipinski definition) is 2. The van der Waals surface area contributed by atoms with Crippen LogP contribution in [-0.2, 0) is 4.79 Å². The van der Waals surface area contributed by atoms with Gasteiger partial charge in [0.05, 0.1) is 7.11 Å². The summed E-state index contributed by atoms with van der Waals surface area (Å²) in [6.07, 6.45) is 2.49. The van der Waals surface area contributed by atoms with Gasteiger partial charge in [-0.15, -0.1) is 0 Å². The predicted octanol–water partition coefficient (Wildman–Crippen LogP) is 1.94. The van der Waals surface area contributed by atoms with Gasteiger partial charge in [0.25, 0.3) is 0 Å². The van der Waals surface area contributed by atoms with E-state index < -0.39 is 5.97 Å². The van der Waals surface area contributed by atoms with Gasteiger partial charge in [0, 0.05) is 18.3 Å². The number of carboxylic acids is 1. The molecule has 0 fully saturated rings. The molecule has 4 heteroatoms. The molecule has 1 aromatic carbocycles. The molecule has 0 aliphatic heterocycles. The van der Waals surface area contributed by atoms with Crippen molar-refractivity contribution in [2.75, 3.05) is 7.11 Å². The molecule has 0 unspecified atom stereocenters. The number of hydrogen-bond acceptors (Lipinski definition) is 3. The number of ether oxygens (including phenoxy) is 1. The maximum atomic E-state index is 10.3. The van der Waals surface area contributed by atoms with Gasteiger partial charge in [0.2, 0.25) is 0 Å². The molecule has 4 nitrogen and oxygen atoms in total. The Labute approximate surface area is 94.6 Å². The van der Waals surface area contributed by atoms with Gasteiger partial charge in [0.1, 0.15) is 5.75 Å². The number of methoxy groups -OCH3 is 1. The summed E-state index contributed by atoms with van der Waals surface area (Å²) < 4.78 is 5.11. The molecule has 0 bridgehead atoms. The first-order valence-corrected chi connectivity index (χ1v) is 4.93. The molecule has 1 rings (SSSR count). The van der Waals surface area contributed by atoms with Gasteiger partial charge in [-0.2, -0.15) is 0 Å². The van der Waals surface area contributed by atoms with Crippen LogP contribution in [0.2, 0.25) is 0 Å². The van der Waals surface area contributed by atoms with Crippen LogP contribution in [0.1, 0.15) is 18.5 Å². The minimum Gasteiger partial charge on any atom is -0.497 e. The zero-order chi connectivity index (χ0) is 12.0. The predicted molar refractivity (Wildman–Crippen MR) is 61.3 cm³/mol. The zero-order valence-corrected chi connectivity index (χ0v) is 9.31. The molecule has 0 aliphatic carbocycles. The molecule has 0 aliphatic rings. The molecule has 16 heavy (non-hydrogen) atoms. The van der Waals surface area contributed by atoms with E-state index in [1.54, 1.807) is 7.11 Å². The Morgan fingerprint density at radius 2 is 2.31 bits per heavy atom. The molecule has 0 aromatic heterocycles. The first kappa shape index (κ1) is 12.1. The van der Waals surface area contributed by atoms with Gasteiger partial charge in [-0.3, -0.25) is 0 Å². The van der Waals surface area contributed by atoms with E-state index in [0.717, 1.165) is 17.4 Å². The van der Waals surface area contributed by atoms with Gasteiger partial charge in [-0.1, -0.05) is 12.1 Å². The second-order valence-corrected chi connectivity index (χ2v) is 3.34. The van der Waals surface area contributed by atoms with E-state index in [1.165, 1.54) is 6.20 Å². The molecule has 1 atom stereocenters. The van der Waals surface area contributed by atoms with Crippen LogP contribution in [0.5, 0.6) is 5.75 Å². The standard InChI is InChI=1S/C12H15NO3/c1-9(13-7-6-12(14)15)10-4-3-5-11(8-10)16-2/h3-9,13H,1-2H3,(H,14,15)/b7-6+/t9-/m0/s1. The molecule has 0 radical (unpaired) electrons. The smallest absolute Gasteiger partial charge is 0.329 e. The lowest BCUT2D eigenvalue weighted by Gasteiger charge is -2.12. The van der Waals surface area contributed by atoms with Gasteiger partial charge < -0.3 is 15.2 Å². The first-order valence-electron chi connectivity index (χ1n) is 4.93. The van der Waals surface area contributed by atoms with Crippen LogP contribution in [0.3, 0.4) is 0 Å². The monoisotopic (exact) mass is 221 g/mol. The van der Waals surface area contributed by atoms with Crippen molar-refractivity contribution in [3.8, 4) is 5.75 Å². The van der Waals surface area contributed by atoms with E-state index >= 15 is 0 Å². The van der Waals surface area contributed by atoms with Crippen molar-refractivity contribution in [1.29, 1.82) is 0 Å². The van der Waals surface area contributed by atoms with Crippen molar-refractivity contribution in [3.63, 3.8) is 0 Å². The van der Waals surface area contributed by atoms with Gasteiger partial charge in [0.15, 0.2) is 0 Å². The van der Waals surface area contributed by atoms with E-state index in [2.05, 4.69) is 5.32 Å². The molecule has 0 amide bonds. The fourth-order valence-corrected chi connectivity index (χ4v) is 1.27. The number of carboxylic acid groups (broad SMARTS) is 1. The van der Waals surface area contributed by atoms with E-state index in [9.17, 15) is 4.79 Å². The quantitative estimate of drug-likeness (QED) is 0.746. The summed E-state index contributed by atoms with van der Waals surface area (Å²) in [6.45, 7) is 1.95. The SMILES string of the molecule is COc1cccc([C@H](C)N/C=C/C(=O)O)c1. The maximum Gasteiger partial charge on any atom is 0.329 e. The summed E-state index contributed by atoms with van der Waals surface area (Å²) in [4.78, 5) is 10.3. The Morgan fingerprint density at radius 1 is 1.56 bits per heavy atom. The van der Waals surface area contributed by atoms with Crippen LogP contribution in [0.4, 0.5) is 0 Å². The van der Waals surface area contributed by atoms with Crippen LogP contribution in [0.25, 0.3) is 0 Å². The van der Waals surface area contributed by atoms with Gasteiger partial charge in [-0.05, 0) is 24.6 Å². The summed E-state index contributed by atoms with van der Waals surface area (Å²) in [5.41, 5.74) is 1.04. The topological polar surface area (TPSA) is 58.6 Å². The average Bonchev–Trinajstić information content (AvgIpc) is 2.28. The summed E-state index contributed by atoms with van der Waals surface area (Å²) >= 11 is 0. The van der Waals surface area contributed by atoms with Crippen molar-refractivity contribution in [2.24, 2.45) is 0 Å². The van der Waals surface area contributed by atoms with Crippen LogP contribution in [0.15, 0.2) is 36.5 Å². The molecule has 0 spiro atoms. The fraction of sp³-hybridized carbons (Fsp3) is 0.250. The Kier molecular flexibility index (Phi) is 4.39. The lowest BCUT2D eigenvalue weighted by molar-refractivity contribution is -0.131. The Balaban J connectivity index is 2.65. The third kappa shape index (κ3) is 3.65. The molecule has 86 valence electrons. The first-order chi connectivity index (χ1) is 7.63. The van der Waals surface area contributed by atoms with Crippen LogP contribution >= 0.6 is 0 Å². The van der Waals surface area contributed by atoms with Gasteiger partial charge >= 0.3 is 5.97 Å². The highest BCUT2D eigenvalue weighted by molar-refractivity contribution is 5.79. The summed E-state index contributed by atoms with van der Waals surface area (Å²) in [5.74, 6) is -0.182. The highest BCUT2D eigenvalue weighted by Crippen LogP contribution is 2.18. The van der Waals surface area contributed by atoms with Gasteiger partial charge in [-0.25, -0.2) is 4.79 Å². The lowest BCUT2D eigenvalue weighted by Crippen LogP contribution is -2.12. The highest BCUT2D eigenvalue weighted by Gasteiger charge is 2.03. The van der Waals surface area contributed by atoms with Crippen molar-refractivity contribution >= 4 is 5.97 Å². The molecule has 1 aromatic rings. The molecule has 2 N–H and O–H groups in total. The number of benzene rings is 1. The Hall–Kier alpha value is -1.97. The van der Waals surface area contributed by atoms with E-state index in [-0.39, 0.29) is 6.04 Å². The number of aliphatic carboxylic acids is 1. The number of nitrogens with one attached hydrogen (secondary N) is 1. The second-order valence-electron chi connectivity index (χ2n) is 3.34. The fourth-order valence-electron chi connectivity index (χ4n) is 1.27. The van der Waals surface area contributed by atoms with Crippen LogP contribution < -0.4 is 10.1 Å². The third-order valence-corrected chi connectivity index (χ3v) is 2.17. The van der Waals surface area contributed by atoms with Crippen LogP contribution in [-0.4, -0.2) is 18.2 Å². The maximum absolute atomic E-state index is 10.3. The van der Waals surface area contributed by atoms with Crippen molar-refractivity contribution in [2.45, 2.75) is 13.0 Å². The molecule has 0 saturated carbocycles. The normalized spacial score (nSPS) is 12.4. The Morgan fingerprint density at radius 3 is 2.94 bits per heavy atom. The van der Waals surface area contributed by atoms with Crippen molar-refractivity contribution in [1.82, 2.24) is 5.32 Å². The third-order valence-electron chi connectivity index (χ3n) is 2.17. The van der Waals surface area contributed by atoms with Crippen molar-refractivity contribution < 1.29 is 14.6 Å². The van der Waals surface area contributed by atoms with E-state index in [1.807, 2.05) is 31.2 Å². The molecule has 0 heterocycles. The van der Waals surface area contributed by atoms with E-state index in [4.69, 9.17) is 9.84 Å². The summed E-state index contributed by atoms with van der Waals surface area (Å²) in [7, 11) is 1.61. The van der Waals surface area contributed by atoms with E-state index in [0.29, 0.717) is 0 Å².